The van der Waals surface area contributed by atoms with Crippen LogP contribution in [0.25, 0.3) is 10.2 Å². The second-order valence-electron chi connectivity index (χ2n) is 7.38. The standard InChI is InChI=1S/C23H20FN3O2S2/c1-29-22(28)19-15-10-11-27(12-14-6-3-2-4-7-14)13-18(15)30-21(19)26-23-25-20-16(24)8-5-9-17(20)31-23/h2-9H,10-13H2,1H3,(H,25,26). The lowest BCUT2D eigenvalue weighted by Crippen LogP contribution is -2.29. The Morgan fingerprint density at radius 2 is 2.03 bits per heavy atom. The topological polar surface area (TPSA) is 54.5 Å². The predicted molar refractivity (Wildman–Crippen MR) is 123 cm³/mol. The van der Waals surface area contributed by atoms with E-state index in [-0.39, 0.29) is 11.8 Å². The van der Waals surface area contributed by atoms with Gasteiger partial charge in [0.1, 0.15) is 16.3 Å². The van der Waals surface area contributed by atoms with E-state index in [1.165, 1.54) is 30.1 Å². The number of hydrogen-bond acceptors (Lipinski definition) is 7. The van der Waals surface area contributed by atoms with Crippen molar-refractivity contribution in [3.05, 3.63) is 75.9 Å². The first-order valence-corrected chi connectivity index (χ1v) is 11.6. The Morgan fingerprint density at radius 3 is 2.81 bits per heavy atom. The van der Waals surface area contributed by atoms with E-state index in [4.69, 9.17) is 4.74 Å². The molecule has 31 heavy (non-hydrogen) atoms. The normalized spacial score (nSPS) is 13.9. The highest BCUT2D eigenvalue weighted by atomic mass is 32.1. The molecule has 0 atom stereocenters. The number of anilines is 2. The summed E-state index contributed by atoms with van der Waals surface area (Å²) in [5.74, 6) is -0.708. The van der Waals surface area contributed by atoms with Gasteiger partial charge in [-0.15, -0.1) is 11.3 Å². The van der Waals surface area contributed by atoms with Gasteiger partial charge in [-0.1, -0.05) is 47.7 Å². The van der Waals surface area contributed by atoms with Crippen molar-refractivity contribution in [2.45, 2.75) is 19.5 Å². The van der Waals surface area contributed by atoms with Gasteiger partial charge in [-0.2, -0.15) is 0 Å². The molecule has 0 bridgehead atoms. The van der Waals surface area contributed by atoms with Gasteiger partial charge in [0.25, 0.3) is 0 Å². The summed E-state index contributed by atoms with van der Waals surface area (Å²) in [7, 11) is 1.40. The summed E-state index contributed by atoms with van der Waals surface area (Å²) in [5, 5.41) is 4.53. The zero-order valence-corrected chi connectivity index (χ0v) is 18.5. The maximum atomic E-state index is 14.0. The Balaban J connectivity index is 1.45. The molecule has 0 fully saturated rings. The third-order valence-corrected chi connectivity index (χ3v) is 7.43. The fraction of sp³-hybridized carbons (Fsp3) is 0.217. The van der Waals surface area contributed by atoms with Crippen molar-refractivity contribution in [3.63, 3.8) is 0 Å². The van der Waals surface area contributed by atoms with Crippen molar-refractivity contribution >= 4 is 49.0 Å². The highest BCUT2D eigenvalue weighted by Crippen LogP contribution is 2.40. The number of thiophene rings is 1. The molecular weight excluding hydrogens is 433 g/mol. The van der Waals surface area contributed by atoms with Gasteiger partial charge in [0.2, 0.25) is 0 Å². The van der Waals surface area contributed by atoms with Crippen molar-refractivity contribution < 1.29 is 13.9 Å². The lowest BCUT2D eigenvalue weighted by molar-refractivity contribution is 0.0600. The predicted octanol–water partition coefficient (Wildman–Crippen LogP) is 5.59. The molecule has 2 aromatic heterocycles. The highest BCUT2D eigenvalue weighted by molar-refractivity contribution is 7.23. The number of fused-ring (bicyclic) bond motifs is 2. The summed E-state index contributed by atoms with van der Waals surface area (Å²) in [5.41, 5.74) is 3.22. The Kier molecular flexibility index (Phi) is 5.43. The number of aromatic nitrogens is 1. The quantitative estimate of drug-likeness (QED) is 0.400. The molecule has 0 saturated carbocycles. The SMILES string of the molecule is COC(=O)c1c(Nc2nc3c(F)cccc3s2)sc2c1CCN(Cc1ccccc1)C2. The number of ether oxygens (including phenoxy) is 1. The second-order valence-corrected chi connectivity index (χ2v) is 9.51. The van der Waals surface area contributed by atoms with Gasteiger partial charge in [-0.3, -0.25) is 4.90 Å². The van der Waals surface area contributed by atoms with Crippen LogP contribution in [0.4, 0.5) is 14.5 Å². The maximum Gasteiger partial charge on any atom is 0.341 e. The molecule has 158 valence electrons. The van der Waals surface area contributed by atoms with E-state index in [9.17, 15) is 9.18 Å². The summed E-state index contributed by atoms with van der Waals surface area (Å²) >= 11 is 2.91. The largest absolute Gasteiger partial charge is 0.465 e. The van der Waals surface area contributed by atoms with Crippen LogP contribution in [0.3, 0.4) is 0 Å². The minimum atomic E-state index is -0.358. The van der Waals surface area contributed by atoms with Gasteiger partial charge < -0.3 is 10.1 Å². The summed E-state index contributed by atoms with van der Waals surface area (Å²) in [6, 6.07) is 15.3. The molecule has 1 aliphatic rings. The minimum Gasteiger partial charge on any atom is -0.465 e. The molecule has 5 nitrogen and oxygen atoms in total. The second kappa shape index (κ2) is 8.37. The fourth-order valence-electron chi connectivity index (χ4n) is 3.90. The van der Waals surface area contributed by atoms with E-state index in [1.807, 2.05) is 24.3 Å². The van der Waals surface area contributed by atoms with Crippen molar-refractivity contribution in [2.75, 3.05) is 19.0 Å². The number of methoxy groups -OCH3 is 1. The summed E-state index contributed by atoms with van der Waals surface area (Å²) in [4.78, 5) is 20.5. The van der Waals surface area contributed by atoms with Gasteiger partial charge in [0, 0.05) is 24.5 Å². The van der Waals surface area contributed by atoms with Crippen LogP contribution in [-0.4, -0.2) is 29.5 Å². The smallest absolute Gasteiger partial charge is 0.341 e. The molecule has 4 aromatic rings. The van der Waals surface area contributed by atoms with E-state index in [1.54, 1.807) is 17.4 Å². The minimum absolute atomic E-state index is 0.338. The monoisotopic (exact) mass is 453 g/mol. The van der Waals surface area contributed by atoms with Crippen molar-refractivity contribution in [1.82, 2.24) is 9.88 Å². The molecule has 1 N–H and O–H groups in total. The number of nitrogens with zero attached hydrogens (tertiary/aromatic N) is 2. The lowest BCUT2D eigenvalue weighted by Gasteiger charge is -2.27. The van der Waals surface area contributed by atoms with Crippen LogP contribution < -0.4 is 5.32 Å². The highest BCUT2D eigenvalue weighted by Gasteiger charge is 2.29. The van der Waals surface area contributed by atoms with Crippen LogP contribution in [-0.2, 0) is 24.2 Å². The van der Waals surface area contributed by atoms with Gasteiger partial charge in [0.15, 0.2) is 5.13 Å². The van der Waals surface area contributed by atoms with Gasteiger partial charge in [-0.25, -0.2) is 14.2 Å². The molecule has 2 aromatic carbocycles. The molecule has 0 spiro atoms. The number of nitrogens with one attached hydrogen (secondary N) is 1. The lowest BCUT2D eigenvalue weighted by atomic mass is 10.0. The summed E-state index contributed by atoms with van der Waals surface area (Å²) in [6.45, 7) is 2.51. The first-order valence-electron chi connectivity index (χ1n) is 9.93. The molecule has 8 heteroatoms. The molecule has 5 rings (SSSR count). The molecular formula is C23H20FN3O2S2. The van der Waals surface area contributed by atoms with Crippen molar-refractivity contribution in [3.8, 4) is 0 Å². The average Bonchev–Trinajstić information content (AvgIpc) is 3.35. The van der Waals surface area contributed by atoms with Crippen LogP contribution in [0.5, 0.6) is 0 Å². The van der Waals surface area contributed by atoms with Crippen LogP contribution in [0.15, 0.2) is 48.5 Å². The number of rotatable bonds is 5. The molecule has 0 aliphatic carbocycles. The zero-order chi connectivity index (χ0) is 21.4. The first kappa shape index (κ1) is 20.1. The number of para-hydroxylation sites is 1. The van der Waals surface area contributed by atoms with Crippen molar-refractivity contribution in [1.29, 1.82) is 0 Å². The number of halogens is 1. The Labute approximate surface area is 187 Å². The molecule has 1 aliphatic heterocycles. The molecule has 0 unspecified atom stereocenters. The number of thiazole rings is 1. The molecule has 3 heterocycles. The van der Waals surface area contributed by atoms with Crippen LogP contribution in [0.1, 0.15) is 26.4 Å². The van der Waals surface area contributed by atoms with E-state index in [2.05, 4.69) is 27.3 Å². The third kappa shape index (κ3) is 3.94. The van der Waals surface area contributed by atoms with Crippen LogP contribution in [0.2, 0.25) is 0 Å². The maximum absolute atomic E-state index is 14.0. The van der Waals surface area contributed by atoms with E-state index in [0.29, 0.717) is 21.2 Å². The number of carbonyl (C=O) groups is 1. The zero-order valence-electron chi connectivity index (χ0n) is 16.9. The Morgan fingerprint density at radius 1 is 1.19 bits per heavy atom. The van der Waals surface area contributed by atoms with Gasteiger partial charge in [0.05, 0.1) is 17.4 Å². The Hall–Kier alpha value is -2.81. The van der Waals surface area contributed by atoms with Crippen LogP contribution in [0, 0.1) is 5.82 Å². The third-order valence-electron chi connectivity index (χ3n) is 5.36. The van der Waals surface area contributed by atoms with E-state index < -0.39 is 0 Å². The fourth-order valence-corrected chi connectivity index (χ4v) is 6.13. The van der Waals surface area contributed by atoms with E-state index in [0.717, 1.165) is 41.2 Å². The van der Waals surface area contributed by atoms with Crippen molar-refractivity contribution in [2.24, 2.45) is 0 Å². The number of carbonyl (C=O) groups excluding carboxylic acids is 1. The van der Waals surface area contributed by atoms with Crippen LogP contribution >= 0.6 is 22.7 Å². The van der Waals surface area contributed by atoms with Gasteiger partial charge >= 0.3 is 5.97 Å². The first-order chi connectivity index (χ1) is 15.1. The molecule has 0 radical (unpaired) electrons. The Bertz CT molecular complexity index is 1250. The summed E-state index contributed by atoms with van der Waals surface area (Å²) < 4.78 is 19.9. The van der Waals surface area contributed by atoms with E-state index >= 15 is 0 Å². The summed E-state index contributed by atoms with van der Waals surface area (Å²) in [6.07, 6.45) is 0.777. The number of esters is 1. The average molecular weight is 454 g/mol. The number of hydrogen-bond donors (Lipinski definition) is 1. The molecule has 0 amide bonds. The number of benzene rings is 2. The molecule has 0 saturated heterocycles. The van der Waals surface area contributed by atoms with Gasteiger partial charge in [-0.05, 0) is 29.7 Å².